The van der Waals surface area contributed by atoms with Crippen LogP contribution in [0.25, 0.3) is 0 Å². The molecule has 0 atom stereocenters. The number of phenolic OH excluding ortho intramolecular Hbond substituents is 4. The highest BCUT2D eigenvalue weighted by Crippen LogP contribution is 2.26. The monoisotopic (exact) mass is 362 g/mol. The van der Waals surface area contributed by atoms with Gasteiger partial charge in [0.05, 0.1) is 24.3 Å². The molecule has 0 radical (unpaired) electrons. The standard InChI is InChI=1S/C18H18O8/c19-13-5-3-11(9-15(13)21)17(23)25-7-1-2-8-26-18(24)12-4-6-14(20)16(22)10-12/h3-6,9-10,19-22H,1-2,7-8H2. The van der Waals surface area contributed by atoms with E-state index >= 15 is 0 Å². The summed E-state index contributed by atoms with van der Waals surface area (Å²) in [6.45, 7) is 0.191. The van der Waals surface area contributed by atoms with Crippen molar-refractivity contribution in [2.45, 2.75) is 12.8 Å². The molecule has 0 aliphatic rings. The molecule has 0 saturated heterocycles. The average Bonchev–Trinajstić information content (AvgIpc) is 2.62. The number of ether oxygens (including phenoxy) is 2. The van der Waals surface area contributed by atoms with E-state index in [1.807, 2.05) is 0 Å². The normalized spacial score (nSPS) is 10.3. The maximum atomic E-state index is 11.7. The minimum Gasteiger partial charge on any atom is -0.504 e. The van der Waals surface area contributed by atoms with E-state index in [1.165, 1.54) is 24.3 Å². The topological polar surface area (TPSA) is 134 Å². The molecule has 0 fully saturated rings. The van der Waals surface area contributed by atoms with Crippen LogP contribution in [0, 0.1) is 0 Å². The summed E-state index contributed by atoms with van der Waals surface area (Å²) in [6, 6.07) is 7.23. The van der Waals surface area contributed by atoms with Gasteiger partial charge in [0, 0.05) is 0 Å². The molecule has 4 N–H and O–H groups in total. The molecular formula is C18H18O8. The second-order valence-corrected chi connectivity index (χ2v) is 5.39. The molecule has 26 heavy (non-hydrogen) atoms. The molecule has 8 heteroatoms. The van der Waals surface area contributed by atoms with Crippen LogP contribution in [0.3, 0.4) is 0 Å². The van der Waals surface area contributed by atoms with Crippen LogP contribution >= 0.6 is 0 Å². The number of carbonyl (C=O) groups is 2. The zero-order chi connectivity index (χ0) is 19.1. The Morgan fingerprint density at radius 2 is 1.04 bits per heavy atom. The quantitative estimate of drug-likeness (QED) is 0.335. The Hall–Kier alpha value is -3.42. The summed E-state index contributed by atoms with van der Waals surface area (Å²) in [5.41, 5.74) is 0.220. The number of hydrogen-bond acceptors (Lipinski definition) is 8. The lowest BCUT2D eigenvalue weighted by molar-refractivity contribution is 0.0432. The van der Waals surface area contributed by atoms with Gasteiger partial charge in [0.2, 0.25) is 0 Å². The van der Waals surface area contributed by atoms with Crippen molar-refractivity contribution in [3.8, 4) is 23.0 Å². The summed E-state index contributed by atoms with van der Waals surface area (Å²) >= 11 is 0. The second-order valence-electron chi connectivity index (χ2n) is 5.39. The molecule has 138 valence electrons. The molecule has 2 rings (SSSR count). The Bertz CT molecular complexity index is 732. The second kappa shape index (κ2) is 8.61. The van der Waals surface area contributed by atoms with Crippen molar-refractivity contribution in [3.63, 3.8) is 0 Å². The van der Waals surface area contributed by atoms with Crippen LogP contribution in [0.4, 0.5) is 0 Å². The number of rotatable bonds is 7. The number of phenols is 4. The zero-order valence-corrected chi connectivity index (χ0v) is 13.7. The lowest BCUT2D eigenvalue weighted by Gasteiger charge is -2.07. The first kappa shape index (κ1) is 18.9. The van der Waals surface area contributed by atoms with Crippen LogP contribution in [0.15, 0.2) is 36.4 Å². The van der Waals surface area contributed by atoms with Crippen LogP contribution in [0.2, 0.25) is 0 Å². The van der Waals surface area contributed by atoms with Gasteiger partial charge in [-0.2, -0.15) is 0 Å². The summed E-state index contributed by atoms with van der Waals surface area (Å²) in [7, 11) is 0. The first-order chi connectivity index (χ1) is 12.4. The van der Waals surface area contributed by atoms with E-state index in [4.69, 9.17) is 9.47 Å². The molecule has 2 aromatic rings. The van der Waals surface area contributed by atoms with Crippen molar-refractivity contribution in [1.29, 1.82) is 0 Å². The van der Waals surface area contributed by atoms with Gasteiger partial charge >= 0.3 is 11.9 Å². The molecule has 0 amide bonds. The summed E-state index contributed by atoms with van der Waals surface area (Å²) < 4.78 is 10.0. The summed E-state index contributed by atoms with van der Waals surface area (Å²) in [5.74, 6) is -2.76. The van der Waals surface area contributed by atoms with Crippen LogP contribution in [-0.4, -0.2) is 45.6 Å². The van der Waals surface area contributed by atoms with Crippen LogP contribution in [-0.2, 0) is 9.47 Å². The molecule has 0 bridgehead atoms. The Kier molecular flexibility index (Phi) is 6.26. The number of esters is 2. The van der Waals surface area contributed by atoms with Crippen molar-refractivity contribution in [2.24, 2.45) is 0 Å². The van der Waals surface area contributed by atoms with Gasteiger partial charge in [0.25, 0.3) is 0 Å². The highest BCUT2D eigenvalue weighted by atomic mass is 16.5. The maximum Gasteiger partial charge on any atom is 0.338 e. The lowest BCUT2D eigenvalue weighted by atomic mass is 10.2. The molecule has 0 aliphatic heterocycles. The minimum absolute atomic E-state index is 0.0953. The fraction of sp³-hybridized carbons (Fsp3) is 0.222. The van der Waals surface area contributed by atoms with Gasteiger partial charge in [-0.15, -0.1) is 0 Å². The summed E-state index contributed by atoms with van der Waals surface area (Å²) in [6.07, 6.45) is 0.897. The molecule has 0 heterocycles. The van der Waals surface area contributed by atoms with Gasteiger partial charge in [-0.05, 0) is 49.2 Å². The van der Waals surface area contributed by atoms with E-state index in [2.05, 4.69) is 0 Å². The SMILES string of the molecule is O=C(OCCCCOC(=O)c1ccc(O)c(O)c1)c1ccc(O)c(O)c1. The fourth-order valence-electron chi connectivity index (χ4n) is 2.00. The fourth-order valence-corrected chi connectivity index (χ4v) is 2.00. The molecule has 0 unspecified atom stereocenters. The number of benzene rings is 2. The van der Waals surface area contributed by atoms with Gasteiger partial charge in [-0.25, -0.2) is 9.59 Å². The number of hydrogen-bond donors (Lipinski definition) is 4. The van der Waals surface area contributed by atoms with Gasteiger partial charge in [-0.3, -0.25) is 0 Å². The van der Waals surface area contributed by atoms with E-state index in [1.54, 1.807) is 0 Å². The van der Waals surface area contributed by atoms with Crippen molar-refractivity contribution < 1.29 is 39.5 Å². The van der Waals surface area contributed by atoms with Crippen molar-refractivity contribution in [2.75, 3.05) is 13.2 Å². The van der Waals surface area contributed by atoms with E-state index < -0.39 is 23.4 Å². The summed E-state index contributed by atoms with van der Waals surface area (Å²) in [5, 5.41) is 37.0. The highest BCUT2D eigenvalue weighted by molar-refractivity contribution is 5.90. The number of unbranched alkanes of at least 4 members (excludes halogenated alkanes) is 1. The molecule has 0 saturated carbocycles. The van der Waals surface area contributed by atoms with Crippen molar-refractivity contribution >= 4 is 11.9 Å². The molecule has 0 aromatic heterocycles. The third kappa shape index (κ3) is 5.04. The average molecular weight is 362 g/mol. The van der Waals surface area contributed by atoms with E-state index in [0.717, 1.165) is 12.1 Å². The van der Waals surface area contributed by atoms with Gasteiger partial charge in [-0.1, -0.05) is 0 Å². The van der Waals surface area contributed by atoms with Crippen molar-refractivity contribution in [3.05, 3.63) is 47.5 Å². The highest BCUT2D eigenvalue weighted by Gasteiger charge is 2.11. The smallest absolute Gasteiger partial charge is 0.338 e. The van der Waals surface area contributed by atoms with E-state index in [-0.39, 0.29) is 35.8 Å². The molecule has 0 aliphatic carbocycles. The molecular weight excluding hydrogens is 344 g/mol. The van der Waals surface area contributed by atoms with Crippen LogP contribution < -0.4 is 0 Å². The van der Waals surface area contributed by atoms with Crippen LogP contribution in [0.5, 0.6) is 23.0 Å². The Labute approximate surface area is 148 Å². The Balaban J connectivity index is 1.67. The third-order valence-electron chi connectivity index (χ3n) is 3.43. The van der Waals surface area contributed by atoms with Crippen LogP contribution in [0.1, 0.15) is 33.6 Å². The predicted molar refractivity (Wildman–Crippen MR) is 89.3 cm³/mol. The lowest BCUT2D eigenvalue weighted by Crippen LogP contribution is -2.09. The first-order valence-corrected chi connectivity index (χ1v) is 7.76. The molecule has 2 aromatic carbocycles. The largest absolute Gasteiger partial charge is 0.504 e. The van der Waals surface area contributed by atoms with Gasteiger partial charge in [0.1, 0.15) is 0 Å². The van der Waals surface area contributed by atoms with Gasteiger partial charge in [0.15, 0.2) is 23.0 Å². The summed E-state index contributed by atoms with van der Waals surface area (Å²) in [4.78, 5) is 23.5. The van der Waals surface area contributed by atoms with Crippen molar-refractivity contribution in [1.82, 2.24) is 0 Å². The van der Waals surface area contributed by atoms with E-state index in [0.29, 0.717) is 12.8 Å². The molecule has 8 nitrogen and oxygen atoms in total. The number of carbonyl (C=O) groups excluding carboxylic acids is 2. The Morgan fingerprint density at radius 1 is 0.654 bits per heavy atom. The molecule has 0 spiro atoms. The zero-order valence-electron chi connectivity index (χ0n) is 13.7. The minimum atomic E-state index is -0.642. The Morgan fingerprint density at radius 3 is 1.38 bits per heavy atom. The third-order valence-corrected chi connectivity index (χ3v) is 3.43. The van der Waals surface area contributed by atoms with E-state index in [9.17, 15) is 30.0 Å². The van der Waals surface area contributed by atoms with Gasteiger partial charge < -0.3 is 29.9 Å². The maximum absolute atomic E-state index is 11.7. The first-order valence-electron chi connectivity index (χ1n) is 7.76. The number of aromatic hydroxyl groups is 4. The predicted octanol–water partition coefficient (Wildman–Crippen LogP) is 2.30.